The summed E-state index contributed by atoms with van der Waals surface area (Å²) in [7, 11) is 0. The fourth-order valence-corrected chi connectivity index (χ4v) is 2.09. The molecule has 7 heteroatoms. The van der Waals surface area contributed by atoms with Crippen LogP contribution in [-0.2, 0) is 14.4 Å². The van der Waals surface area contributed by atoms with Crippen molar-refractivity contribution in [3.8, 4) is 0 Å². The first-order valence-corrected chi connectivity index (χ1v) is 6.71. The summed E-state index contributed by atoms with van der Waals surface area (Å²) in [6.45, 7) is 7.37. The zero-order chi connectivity index (χ0) is 14.7. The van der Waals surface area contributed by atoms with Crippen LogP contribution in [0.5, 0.6) is 0 Å². The van der Waals surface area contributed by atoms with E-state index in [0.29, 0.717) is 0 Å². The Balaban J connectivity index is 0.00000361. The largest absolute Gasteiger partial charge is 0.342 e. The lowest BCUT2D eigenvalue weighted by atomic mass is 9.99. The molecule has 6 nitrogen and oxygen atoms in total. The molecule has 1 aliphatic rings. The third-order valence-electron chi connectivity index (χ3n) is 3.58. The van der Waals surface area contributed by atoms with E-state index in [4.69, 9.17) is 5.73 Å². The number of halogens is 1. The van der Waals surface area contributed by atoms with Gasteiger partial charge in [0.15, 0.2) is 0 Å². The summed E-state index contributed by atoms with van der Waals surface area (Å²) in [5.41, 5.74) is 5.80. The highest BCUT2D eigenvalue weighted by Crippen LogP contribution is 2.16. The van der Waals surface area contributed by atoms with Gasteiger partial charge in [0.1, 0.15) is 6.04 Å². The third kappa shape index (κ3) is 3.93. The molecule has 1 aliphatic heterocycles. The Morgan fingerprint density at radius 3 is 2.35 bits per heavy atom. The van der Waals surface area contributed by atoms with Crippen LogP contribution in [0.1, 0.15) is 40.5 Å². The average molecular weight is 306 g/mol. The monoisotopic (exact) mass is 305 g/mol. The van der Waals surface area contributed by atoms with Gasteiger partial charge in [0.05, 0.1) is 12.5 Å². The normalized spacial score (nSPS) is 21.7. The zero-order valence-corrected chi connectivity index (χ0v) is 13.2. The Morgan fingerprint density at radius 2 is 1.95 bits per heavy atom. The Kier molecular flexibility index (Phi) is 7.16. The lowest BCUT2D eigenvalue weighted by Crippen LogP contribution is -2.51. The van der Waals surface area contributed by atoms with Crippen LogP contribution in [0, 0.1) is 5.92 Å². The molecule has 0 aliphatic carbocycles. The van der Waals surface area contributed by atoms with Crippen molar-refractivity contribution in [3.63, 3.8) is 0 Å². The molecular weight excluding hydrogens is 282 g/mol. The van der Waals surface area contributed by atoms with Crippen molar-refractivity contribution in [2.24, 2.45) is 11.7 Å². The lowest BCUT2D eigenvalue weighted by Gasteiger charge is -2.21. The summed E-state index contributed by atoms with van der Waals surface area (Å²) < 4.78 is 0. The van der Waals surface area contributed by atoms with Crippen molar-refractivity contribution in [3.05, 3.63) is 0 Å². The highest BCUT2D eigenvalue weighted by atomic mass is 35.5. The second kappa shape index (κ2) is 7.59. The van der Waals surface area contributed by atoms with E-state index < -0.39 is 12.1 Å². The van der Waals surface area contributed by atoms with Crippen LogP contribution in [0.3, 0.4) is 0 Å². The summed E-state index contributed by atoms with van der Waals surface area (Å²) in [4.78, 5) is 36.8. The van der Waals surface area contributed by atoms with Crippen molar-refractivity contribution in [1.29, 1.82) is 0 Å². The van der Waals surface area contributed by atoms with Gasteiger partial charge < -0.3 is 11.1 Å². The van der Waals surface area contributed by atoms with Gasteiger partial charge >= 0.3 is 0 Å². The molecule has 116 valence electrons. The molecule has 1 rings (SSSR count). The van der Waals surface area contributed by atoms with Crippen LogP contribution in [0.25, 0.3) is 0 Å². The molecule has 3 N–H and O–H groups in total. The molecule has 0 aromatic heterocycles. The molecule has 0 saturated carbocycles. The number of nitrogens with two attached hydrogens (primary N) is 1. The predicted octanol–water partition coefficient (Wildman–Crippen LogP) is 0.434. The number of likely N-dealkylation sites (tertiary alicyclic amines) is 1. The number of carbonyl (C=O) groups excluding carboxylic acids is 3. The van der Waals surface area contributed by atoms with Gasteiger partial charge in [0.2, 0.25) is 11.8 Å². The third-order valence-corrected chi connectivity index (χ3v) is 3.58. The van der Waals surface area contributed by atoms with Gasteiger partial charge in [-0.25, -0.2) is 0 Å². The molecule has 3 atom stereocenters. The standard InChI is InChI=1S/C13H23N3O3.ClH/c1-5-8(4)11(14)12(18)15-9-6-10(17)16(7(2)3)13(9)19;/h7-9,11H,5-6,14H2,1-4H3,(H,15,18);1H. The summed E-state index contributed by atoms with van der Waals surface area (Å²) in [5.74, 6) is -0.924. The van der Waals surface area contributed by atoms with E-state index in [1.54, 1.807) is 13.8 Å². The minimum absolute atomic E-state index is 0. The fraction of sp³-hybridized carbons (Fsp3) is 0.769. The fourth-order valence-electron chi connectivity index (χ4n) is 2.09. The summed E-state index contributed by atoms with van der Waals surface area (Å²) in [5, 5.41) is 2.58. The van der Waals surface area contributed by atoms with E-state index in [1.807, 2.05) is 13.8 Å². The quantitative estimate of drug-likeness (QED) is 0.721. The molecule has 0 aromatic rings. The SMILES string of the molecule is CCC(C)C(N)C(=O)NC1CC(=O)N(C(C)C)C1=O.Cl. The molecule has 0 bridgehead atoms. The van der Waals surface area contributed by atoms with Gasteiger partial charge in [-0.15, -0.1) is 12.4 Å². The Bertz CT molecular complexity index is 387. The molecule has 0 aromatic carbocycles. The molecule has 0 radical (unpaired) electrons. The molecule has 1 fully saturated rings. The predicted molar refractivity (Wildman–Crippen MR) is 78.2 cm³/mol. The van der Waals surface area contributed by atoms with E-state index in [9.17, 15) is 14.4 Å². The van der Waals surface area contributed by atoms with Gasteiger partial charge in [-0.05, 0) is 19.8 Å². The van der Waals surface area contributed by atoms with E-state index in [-0.39, 0.29) is 48.5 Å². The topological polar surface area (TPSA) is 92.5 Å². The van der Waals surface area contributed by atoms with Gasteiger partial charge in [-0.3, -0.25) is 19.3 Å². The molecular formula is C13H24ClN3O3. The van der Waals surface area contributed by atoms with Crippen molar-refractivity contribution < 1.29 is 14.4 Å². The number of rotatable bonds is 5. The van der Waals surface area contributed by atoms with Crippen molar-refractivity contribution >= 4 is 30.1 Å². The molecule has 1 saturated heterocycles. The Morgan fingerprint density at radius 1 is 1.40 bits per heavy atom. The molecule has 0 spiro atoms. The van der Waals surface area contributed by atoms with Crippen LogP contribution in [0.4, 0.5) is 0 Å². The first-order chi connectivity index (χ1) is 8.79. The minimum atomic E-state index is -0.766. The number of nitrogens with zero attached hydrogens (tertiary/aromatic N) is 1. The van der Waals surface area contributed by atoms with Crippen molar-refractivity contribution in [2.45, 2.75) is 58.7 Å². The van der Waals surface area contributed by atoms with Gasteiger partial charge in [0, 0.05) is 6.04 Å². The maximum atomic E-state index is 12.0. The van der Waals surface area contributed by atoms with Crippen molar-refractivity contribution in [2.75, 3.05) is 0 Å². The van der Waals surface area contributed by atoms with Crippen LogP contribution in [0.15, 0.2) is 0 Å². The highest BCUT2D eigenvalue weighted by Gasteiger charge is 2.41. The Hall–Kier alpha value is -1.14. The van der Waals surface area contributed by atoms with Gasteiger partial charge in [-0.2, -0.15) is 0 Å². The average Bonchev–Trinajstić information content (AvgIpc) is 2.62. The zero-order valence-electron chi connectivity index (χ0n) is 12.4. The number of hydrogen-bond acceptors (Lipinski definition) is 4. The summed E-state index contributed by atoms with van der Waals surface area (Å²) in [6.07, 6.45) is 0.806. The Labute approximate surface area is 125 Å². The van der Waals surface area contributed by atoms with E-state index in [0.717, 1.165) is 6.42 Å². The summed E-state index contributed by atoms with van der Waals surface area (Å²) in [6, 6.07) is -1.61. The van der Waals surface area contributed by atoms with Crippen molar-refractivity contribution in [1.82, 2.24) is 10.2 Å². The minimum Gasteiger partial charge on any atom is -0.342 e. The first kappa shape index (κ1) is 18.9. The van der Waals surface area contributed by atoms with Crippen LogP contribution in [-0.4, -0.2) is 40.7 Å². The maximum absolute atomic E-state index is 12.0. The maximum Gasteiger partial charge on any atom is 0.252 e. The van der Waals surface area contributed by atoms with Crippen LogP contribution >= 0.6 is 12.4 Å². The molecule has 3 unspecified atom stereocenters. The second-order valence-corrected chi connectivity index (χ2v) is 5.37. The molecule has 20 heavy (non-hydrogen) atoms. The van der Waals surface area contributed by atoms with Gasteiger partial charge in [-0.1, -0.05) is 20.3 Å². The molecule has 1 heterocycles. The summed E-state index contributed by atoms with van der Waals surface area (Å²) >= 11 is 0. The number of nitrogens with one attached hydrogen (secondary N) is 1. The number of carbonyl (C=O) groups is 3. The van der Waals surface area contributed by atoms with Gasteiger partial charge in [0.25, 0.3) is 5.91 Å². The van der Waals surface area contributed by atoms with E-state index >= 15 is 0 Å². The van der Waals surface area contributed by atoms with Crippen LogP contribution in [0.2, 0.25) is 0 Å². The number of hydrogen-bond donors (Lipinski definition) is 2. The van der Waals surface area contributed by atoms with E-state index in [2.05, 4.69) is 5.32 Å². The second-order valence-electron chi connectivity index (χ2n) is 5.37. The lowest BCUT2D eigenvalue weighted by molar-refractivity contribution is -0.141. The smallest absolute Gasteiger partial charge is 0.252 e. The number of amides is 3. The van der Waals surface area contributed by atoms with E-state index in [1.165, 1.54) is 4.90 Å². The van der Waals surface area contributed by atoms with Crippen LogP contribution < -0.4 is 11.1 Å². The first-order valence-electron chi connectivity index (χ1n) is 6.71. The number of imide groups is 1. The molecule has 3 amide bonds. The highest BCUT2D eigenvalue weighted by molar-refractivity contribution is 6.07.